The van der Waals surface area contributed by atoms with Gasteiger partial charge >= 0.3 is 0 Å². The minimum Gasteiger partial charge on any atom is -0.467 e. The van der Waals surface area contributed by atoms with Crippen LogP contribution >= 0.6 is 0 Å². The van der Waals surface area contributed by atoms with Crippen molar-refractivity contribution >= 4 is 11.9 Å². The van der Waals surface area contributed by atoms with Crippen LogP contribution < -0.4 is 5.32 Å². The van der Waals surface area contributed by atoms with Gasteiger partial charge in [-0.15, -0.1) is 0 Å². The molecule has 0 radical (unpaired) electrons. The first-order valence-corrected chi connectivity index (χ1v) is 7.05. The normalized spacial score (nSPS) is 10.4. The Morgan fingerprint density at radius 3 is 3.00 bits per heavy atom. The van der Waals surface area contributed by atoms with Gasteiger partial charge in [-0.25, -0.2) is 9.97 Å². The van der Waals surface area contributed by atoms with E-state index in [9.17, 15) is 4.79 Å². The molecule has 2 aromatic heterocycles. The lowest BCUT2D eigenvalue weighted by Gasteiger charge is -2.16. The molecule has 0 aliphatic rings. The molecule has 112 valence electrons. The maximum atomic E-state index is 12.2. The lowest BCUT2D eigenvalue weighted by Crippen LogP contribution is -2.28. The number of hydrogen-bond donors (Lipinski definition) is 1. The van der Waals surface area contributed by atoms with E-state index in [4.69, 9.17) is 4.42 Å². The fraction of sp³-hybridized carbons (Fsp3) is 0.400. The summed E-state index contributed by atoms with van der Waals surface area (Å²) in [6.07, 6.45) is 5.23. The molecule has 2 heterocycles. The molecule has 0 atom stereocenters. The second-order valence-corrected chi connectivity index (χ2v) is 4.78. The molecule has 0 aliphatic heterocycles. The molecule has 1 amide bonds. The molecule has 0 aromatic carbocycles. The van der Waals surface area contributed by atoms with Gasteiger partial charge in [0.2, 0.25) is 5.95 Å². The molecule has 2 aromatic rings. The van der Waals surface area contributed by atoms with Crippen LogP contribution in [0.25, 0.3) is 0 Å². The molecule has 21 heavy (non-hydrogen) atoms. The standard InChI is InChI=1S/C15H20N4O2/c1-3-4-9-19(2)14(20)13-7-8-16-15(18-13)17-11-12-6-5-10-21-12/h5-8,10H,3-4,9,11H2,1-2H3,(H,16,17,18). The van der Waals surface area contributed by atoms with Crippen molar-refractivity contribution in [3.63, 3.8) is 0 Å². The third-order valence-electron chi connectivity index (χ3n) is 3.07. The highest BCUT2D eigenvalue weighted by Gasteiger charge is 2.13. The first-order valence-electron chi connectivity index (χ1n) is 7.05. The highest BCUT2D eigenvalue weighted by Crippen LogP contribution is 2.07. The lowest BCUT2D eigenvalue weighted by atomic mass is 10.3. The summed E-state index contributed by atoms with van der Waals surface area (Å²) in [6, 6.07) is 5.31. The van der Waals surface area contributed by atoms with E-state index in [0.29, 0.717) is 18.2 Å². The van der Waals surface area contributed by atoms with Crippen LogP contribution in [0.5, 0.6) is 0 Å². The molecule has 0 unspecified atom stereocenters. The minimum absolute atomic E-state index is 0.0908. The van der Waals surface area contributed by atoms with Crippen LogP contribution in [-0.2, 0) is 6.54 Å². The zero-order valence-electron chi connectivity index (χ0n) is 12.4. The van der Waals surface area contributed by atoms with Gasteiger partial charge in [0.1, 0.15) is 11.5 Å². The molecule has 0 spiro atoms. The van der Waals surface area contributed by atoms with Crippen molar-refractivity contribution in [3.8, 4) is 0 Å². The predicted molar refractivity (Wildman–Crippen MR) is 79.9 cm³/mol. The molecule has 1 N–H and O–H groups in total. The number of rotatable bonds is 7. The van der Waals surface area contributed by atoms with E-state index < -0.39 is 0 Å². The molecule has 6 heteroatoms. The first-order chi connectivity index (χ1) is 10.2. The van der Waals surface area contributed by atoms with Gasteiger partial charge in [-0.2, -0.15) is 0 Å². The molecule has 2 rings (SSSR count). The number of carbonyl (C=O) groups excluding carboxylic acids is 1. The Kier molecular flexibility index (Phi) is 5.31. The van der Waals surface area contributed by atoms with Gasteiger partial charge in [0.25, 0.3) is 5.91 Å². The van der Waals surface area contributed by atoms with Crippen LogP contribution in [0.3, 0.4) is 0 Å². The number of amides is 1. The van der Waals surface area contributed by atoms with Crippen molar-refractivity contribution in [2.24, 2.45) is 0 Å². The third kappa shape index (κ3) is 4.30. The second kappa shape index (κ2) is 7.42. The van der Waals surface area contributed by atoms with Gasteiger partial charge in [-0.05, 0) is 24.6 Å². The monoisotopic (exact) mass is 288 g/mol. The van der Waals surface area contributed by atoms with E-state index in [2.05, 4.69) is 22.2 Å². The Labute approximate surface area is 124 Å². The SMILES string of the molecule is CCCCN(C)C(=O)c1ccnc(NCc2ccco2)n1. The van der Waals surface area contributed by atoms with E-state index in [1.165, 1.54) is 0 Å². The van der Waals surface area contributed by atoms with Gasteiger partial charge < -0.3 is 14.6 Å². The quantitative estimate of drug-likeness (QED) is 0.847. The largest absolute Gasteiger partial charge is 0.467 e. The van der Waals surface area contributed by atoms with E-state index in [0.717, 1.165) is 25.1 Å². The average Bonchev–Trinajstić information content (AvgIpc) is 3.03. The molecule has 0 saturated heterocycles. The van der Waals surface area contributed by atoms with Crippen LogP contribution in [0, 0.1) is 0 Å². The number of hydrogen-bond acceptors (Lipinski definition) is 5. The summed E-state index contributed by atoms with van der Waals surface area (Å²) < 4.78 is 5.22. The number of furan rings is 1. The Morgan fingerprint density at radius 2 is 2.29 bits per heavy atom. The highest BCUT2D eigenvalue weighted by atomic mass is 16.3. The van der Waals surface area contributed by atoms with Crippen LogP contribution in [-0.4, -0.2) is 34.4 Å². The summed E-state index contributed by atoms with van der Waals surface area (Å²) in [6.45, 7) is 3.31. The van der Waals surface area contributed by atoms with E-state index in [1.54, 1.807) is 30.5 Å². The molecular formula is C15H20N4O2. The maximum absolute atomic E-state index is 12.2. The van der Waals surface area contributed by atoms with Crippen LogP contribution in [0.4, 0.5) is 5.95 Å². The number of aromatic nitrogens is 2. The number of nitrogens with zero attached hydrogens (tertiary/aromatic N) is 3. The van der Waals surface area contributed by atoms with Crippen molar-refractivity contribution in [3.05, 3.63) is 42.1 Å². The molecule has 0 fully saturated rings. The number of anilines is 1. The Morgan fingerprint density at radius 1 is 1.43 bits per heavy atom. The topological polar surface area (TPSA) is 71.3 Å². The van der Waals surface area contributed by atoms with Gasteiger partial charge in [0.15, 0.2) is 0 Å². The van der Waals surface area contributed by atoms with Gasteiger partial charge in [0, 0.05) is 19.8 Å². The summed E-state index contributed by atoms with van der Waals surface area (Å²) in [5.74, 6) is 1.11. The average molecular weight is 288 g/mol. The van der Waals surface area contributed by atoms with Crippen molar-refractivity contribution in [2.45, 2.75) is 26.3 Å². The van der Waals surface area contributed by atoms with Gasteiger partial charge in [0.05, 0.1) is 12.8 Å². The lowest BCUT2D eigenvalue weighted by molar-refractivity contribution is 0.0787. The fourth-order valence-corrected chi connectivity index (χ4v) is 1.83. The Bertz CT molecular complexity index is 569. The summed E-state index contributed by atoms with van der Waals surface area (Å²) in [5.41, 5.74) is 0.394. The maximum Gasteiger partial charge on any atom is 0.272 e. The summed E-state index contributed by atoms with van der Waals surface area (Å²) in [4.78, 5) is 22.3. The highest BCUT2D eigenvalue weighted by molar-refractivity contribution is 5.92. The molecular weight excluding hydrogens is 268 g/mol. The third-order valence-corrected chi connectivity index (χ3v) is 3.07. The molecule has 0 saturated carbocycles. The Balaban J connectivity index is 1.98. The van der Waals surface area contributed by atoms with E-state index in [-0.39, 0.29) is 5.91 Å². The zero-order valence-corrected chi connectivity index (χ0v) is 12.4. The summed E-state index contributed by atoms with van der Waals surface area (Å²) >= 11 is 0. The summed E-state index contributed by atoms with van der Waals surface area (Å²) in [5, 5.41) is 3.04. The van der Waals surface area contributed by atoms with E-state index >= 15 is 0 Å². The molecule has 0 bridgehead atoms. The second-order valence-electron chi connectivity index (χ2n) is 4.78. The number of carbonyl (C=O) groups is 1. The molecule has 0 aliphatic carbocycles. The number of nitrogens with one attached hydrogen (secondary N) is 1. The van der Waals surface area contributed by atoms with Gasteiger partial charge in [-0.3, -0.25) is 4.79 Å². The van der Waals surface area contributed by atoms with E-state index in [1.807, 2.05) is 12.1 Å². The van der Waals surface area contributed by atoms with Crippen LogP contribution in [0.2, 0.25) is 0 Å². The van der Waals surface area contributed by atoms with Crippen molar-refractivity contribution < 1.29 is 9.21 Å². The van der Waals surface area contributed by atoms with Gasteiger partial charge in [-0.1, -0.05) is 13.3 Å². The van der Waals surface area contributed by atoms with Crippen molar-refractivity contribution in [2.75, 3.05) is 18.9 Å². The van der Waals surface area contributed by atoms with Crippen LogP contribution in [0.1, 0.15) is 36.0 Å². The fourth-order valence-electron chi connectivity index (χ4n) is 1.83. The van der Waals surface area contributed by atoms with Crippen LogP contribution in [0.15, 0.2) is 35.1 Å². The molecule has 6 nitrogen and oxygen atoms in total. The first kappa shape index (κ1) is 15.0. The minimum atomic E-state index is -0.0908. The summed E-state index contributed by atoms with van der Waals surface area (Å²) in [7, 11) is 1.79. The predicted octanol–water partition coefficient (Wildman–Crippen LogP) is 2.55. The van der Waals surface area contributed by atoms with Crippen molar-refractivity contribution in [1.82, 2.24) is 14.9 Å². The Hall–Kier alpha value is -2.37. The zero-order chi connectivity index (χ0) is 15.1. The van der Waals surface area contributed by atoms with Crippen molar-refractivity contribution in [1.29, 1.82) is 0 Å². The number of unbranched alkanes of at least 4 members (excludes halogenated alkanes) is 1. The smallest absolute Gasteiger partial charge is 0.272 e.